The summed E-state index contributed by atoms with van der Waals surface area (Å²) in [4.78, 5) is 9.10. The third kappa shape index (κ3) is 2.70. The van der Waals surface area contributed by atoms with E-state index in [0.717, 1.165) is 40.3 Å². The van der Waals surface area contributed by atoms with Crippen LogP contribution in [0, 0.1) is 0 Å². The summed E-state index contributed by atoms with van der Waals surface area (Å²) in [6, 6.07) is 10.2. The molecule has 0 fully saturated rings. The van der Waals surface area contributed by atoms with E-state index in [0.29, 0.717) is 0 Å². The fourth-order valence-electron chi connectivity index (χ4n) is 1.72. The molecule has 0 aliphatic carbocycles. The molecule has 0 atom stereocenters. The van der Waals surface area contributed by atoms with Crippen LogP contribution < -0.4 is 5.32 Å². The van der Waals surface area contributed by atoms with Gasteiger partial charge in [-0.2, -0.15) is 0 Å². The lowest BCUT2D eigenvalue weighted by molar-refractivity contribution is 0.934. The van der Waals surface area contributed by atoms with Crippen LogP contribution in [0.4, 0.5) is 5.82 Å². The fourth-order valence-corrected chi connectivity index (χ4v) is 2.27. The molecule has 1 aromatic carbocycles. The average molecular weight is 306 g/mol. The van der Waals surface area contributed by atoms with E-state index in [-0.39, 0.29) is 0 Å². The first-order valence-electron chi connectivity index (χ1n) is 6.12. The highest BCUT2D eigenvalue weighted by molar-refractivity contribution is 9.10. The van der Waals surface area contributed by atoms with Crippen molar-refractivity contribution in [2.75, 3.05) is 11.9 Å². The molecule has 1 N–H and O–H groups in total. The van der Waals surface area contributed by atoms with Crippen molar-refractivity contribution in [3.05, 3.63) is 40.6 Å². The highest BCUT2D eigenvalue weighted by atomic mass is 79.9. The fraction of sp³-hybridized carbons (Fsp3) is 0.286. The molecule has 3 nitrogen and oxygen atoms in total. The van der Waals surface area contributed by atoms with Crippen LogP contribution in [0.5, 0.6) is 0 Å². The second-order valence-corrected chi connectivity index (χ2v) is 4.69. The number of nitrogens with zero attached hydrogens (tertiary/aromatic N) is 2. The van der Waals surface area contributed by atoms with Crippen molar-refractivity contribution in [3.8, 4) is 11.3 Å². The lowest BCUT2D eigenvalue weighted by Crippen LogP contribution is -2.05. The molecule has 0 aliphatic rings. The minimum atomic E-state index is 0.825. The Labute approximate surface area is 116 Å². The Kier molecular flexibility index (Phi) is 4.31. The summed E-state index contributed by atoms with van der Waals surface area (Å²) < 4.78 is 0.924. The summed E-state index contributed by atoms with van der Waals surface area (Å²) in [5.41, 5.74) is 2.04. The van der Waals surface area contributed by atoms with E-state index in [1.807, 2.05) is 18.2 Å². The van der Waals surface area contributed by atoms with Gasteiger partial charge in [-0.25, -0.2) is 9.97 Å². The van der Waals surface area contributed by atoms with Crippen LogP contribution >= 0.6 is 15.9 Å². The standard InChI is InChI=1S/C14H16BrN3/c1-3-11-17-13(10-8-6-5-7-9-10)12(15)14(18-11)16-4-2/h5-9H,3-4H2,1-2H3,(H,16,17,18). The van der Waals surface area contributed by atoms with Crippen LogP contribution in [0.3, 0.4) is 0 Å². The van der Waals surface area contributed by atoms with Gasteiger partial charge in [-0.3, -0.25) is 0 Å². The average Bonchev–Trinajstić information content (AvgIpc) is 2.42. The first-order valence-corrected chi connectivity index (χ1v) is 6.91. The Morgan fingerprint density at radius 1 is 1.11 bits per heavy atom. The summed E-state index contributed by atoms with van der Waals surface area (Å²) in [5.74, 6) is 1.72. The van der Waals surface area contributed by atoms with Gasteiger partial charge in [-0.15, -0.1) is 0 Å². The Hall–Kier alpha value is -1.42. The van der Waals surface area contributed by atoms with Crippen molar-refractivity contribution >= 4 is 21.7 Å². The number of nitrogens with one attached hydrogen (secondary N) is 1. The van der Waals surface area contributed by atoms with Gasteiger partial charge in [0.2, 0.25) is 0 Å². The molecule has 0 aliphatic heterocycles. The normalized spacial score (nSPS) is 10.4. The number of hydrogen-bond acceptors (Lipinski definition) is 3. The van der Waals surface area contributed by atoms with Crippen molar-refractivity contribution in [3.63, 3.8) is 0 Å². The number of aryl methyl sites for hydroxylation is 1. The molecule has 0 saturated carbocycles. The SMILES string of the molecule is CCNc1nc(CC)nc(-c2ccccc2)c1Br. The number of aromatic nitrogens is 2. The highest BCUT2D eigenvalue weighted by Crippen LogP contribution is 2.31. The predicted octanol–water partition coefficient (Wildman–Crippen LogP) is 3.90. The summed E-state index contributed by atoms with van der Waals surface area (Å²) >= 11 is 3.59. The van der Waals surface area contributed by atoms with Gasteiger partial charge >= 0.3 is 0 Å². The Morgan fingerprint density at radius 2 is 1.83 bits per heavy atom. The third-order valence-corrected chi connectivity index (χ3v) is 3.36. The molecule has 2 aromatic rings. The highest BCUT2D eigenvalue weighted by Gasteiger charge is 2.12. The molecule has 4 heteroatoms. The molecule has 0 saturated heterocycles. The van der Waals surface area contributed by atoms with E-state index in [9.17, 15) is 0 Å². The van der Waals surface area contributed by atoms with Crippen molar-refractivity contribution in [1.29, 1.82) is 0 Å². The number of halogens is 1. The van der Waals surface area contributed by atoms with Crippen LogP contribution in [-0.2, 0) is 6.42 Å². The number of anilines is 1. The molecule has 0 amide bonds. The van der Waals surface area contributed by atoms with Gasteiger partial charge in [0.25, 0.3) is 0 Å². The largest absolute Gasteiger partial charge is 0.369 e. The third-order valence-electron chi connectivity index (χ3n) is 2.61. The van der Waals surface area contributed by atoms with Crippen LogP contribution in [-0.4, -0.2) is 16.5 Å². The number of benzene rings is 1. The van der Waals surface area contributed by atoms with Crippen LogP contribution in [0.1, 0.15) is 19.7 Å². The van der Waals surface area contributed by atoms with Crippen LogP contribution in [0.15, 0.2) is 34.8 Å². The van der Waals surface area contributed by atoms with Gasteiger partial charge in [-0.1, -0.05) is 37.3 Å². The van der Waals surface area contributed by atoms with Crippen molar-refractivity contribution < 1.29 is 0 Å². The molecule has 18 heavy (non-hydrogen) atoms. The van der Waals surface area contributed by atoms with Crippen LogP contribution in [0.25, 0.3) is 11.3 Å². The predicted molar refractivity (Wildman–Crippen MR) is 78.7 cm³/mol. The monoisotopic (exact) mass is 305 g/mol. The Bertz CT molecular complexity index is 526. The van der Waals surface area contributed by atoms with Gasteiger partial charge in [0.15, 0.2) is 0 Å². The molecule has 0 bridgehead atoms. The second-order valence-electron chi connectivity index (χ2n) is 3.90. The van der Waals surface area contributed by atoms with E-state index in [4.69, 9.17) is 0 Å². The smallest absolute Gasteiger partial charge is 0.144 e. The van der Waals surface area contributed by atoms with E-state index in [2.05, 4.69) is 57.2 Å². The van der Waals surface area contributed by atoms with Crippen LogP contribution in [0.2, 0.25) is 0 Å². The first kappa shape index (κ1) is 13.0. The first-order chi connectivity index (χ1) is 8.76. The lowest BCUT2D eigenvalue weighted by atomic mass is 10.1. The molecule has 94 valence electrons. The molecule has 1 heterocycles. The molecule has 2 rings (SSSR count). The molecule has 0 spiro atoms. The molecule has 1 aromatic heterocycles. The van der Waals surface area contributed by atoms with Gasteiger partial charge in [0.1, 0.15) is 11.6 Å². The zero-order valence-corrected chi connectivity index (χ0v) is 12.2. The maximum atomic E-state index is 4.61. The van der Waals surface area contributed by atoms with Gasteiger partial charge in [0, 0.05) is 18.5 Å². The quantitative estimate of drug-likeness (QED) is 0.931. The number of hydrogen-bond donors (Lipinski definition) is 1. The van der Waals surface area contributed by atoms with Gasteiger partial charge < -0.3 is 5.32 Å². The van der Waals surface area contributed by atoms with E-state index in [1.165, 1.54) is 0 Å². The molecular formula is C14H16BrN3. The van der Waals surface area contributed by atoms with E-state index >= 15 is 0 Å². The van der Waals surface area contributed by atoms with Crippen molar-refractivity contribution in [2.45, 2.75) is 20.3 Å². The Morgan fingerprint density at radius 3 is 2.44 bits per heavy atom. The van der Waals surface area contributed by atoms with Gasteiger partial charge in [-0.05, 0) is 22.9 Å². The van der Waals surface area contributed by atoms with E-state index < -0.39 is 0 Å². The molecular weight excluding hydrogens is 290 g/mol. The summed E-state index contributed by atoms with van der Waals surface area (Å²) in [7, 11) is 0. The second kappa shape index (κ2) is 5.96. The Balaban J connectivity index is 2.55. The summed E-state index contributed by atoms with van der Waals surface area (Å²) in [5, 5.41) is 3.26. The summed E-state index contributed by atoms with van der Waals surface area (Å²) in [6.07, 6.45) is 0.825. The number of rotatable bonds is 4. The molecule has 0 unspecified atom stereocenters. The summed E-state index contributed by atoms with van der Waals surface area (Å²) in [6.45, 7) is 4.96. The maximum Gasteiger partial charge on any atom is 0.144 e. The van der Waals surface area contributed by atoms with Crippen molar-refractivity contribution in [1.82, 2.24) is 9.97 Å². The van der Waals surface area contributed by atoms with E-state index in [1.54, 1.807) is 0 Å². The maximum absolute atomic E-state index is 4.61. The zero-order chi connectivity index (χ0) is 13.0. The molecule has 0 radical (unpaired) electrons. The lowest BCUT2D eigenvalue weighted by Gasteiger charge is -2.11. The van der Waals surface area contributed by atoms with Crippen molar-refractivity contribution in [2.24, 2.45) is 0 Å². The minimum absolute atomic E-state index is 0.825. The van der Waals surface area contributed by atoms with Gasteiger partial charge in [0.05, 0.1) is 10.2 Å². The minimum Gasteiger partial charge on any atom is -0.369 e. The topological polar surface area (TPSA) is 37.8 Å². The zero-order valence-electron chi connectivity index (χ0n) is 10.6.